The van der Waals surface area contributed by atoms with Crippen LogP contribution < -0.4 is 4.90 Å². The van der Waals surface area contributed by atoms with E-state index in [1.165, 1.54) is 6.07 Å². The molecule has 1 aliphatic rings. The first-order valence-electron chi connectivity index (χ1n) is 5.61. The van der Waals surface area contributed by atoms with Gasteiger partial charge in [-0.1, -0.05) is 23.2 Å². The number of carbonyl (C=O) groups is 2. The van der Waals surface area contributed by atoms with Gasteiger partial charge in [-0.05, 0) is 25.1 Å². The summed E-state index contributed by atoms with van der Waals surface area (Å²) in [5, 5.41) is 0.766. The Bertz CT molecular complexity index is 505. The zero-order chi connectivity index (χ0) is 13.3. The average Bonchev–Trinajstić information content (AvgIpc) is 2.34. The molecule has 1 aromatic carbocycles. The third-order valence-electron chi connectivity index (χ3n) is 2.84. The van der Waals surface area contributed by atoms with Crippen molar-refractivity contribution in [1.82, 2.24) is 4.90 Å². The molecule has 18 heavy (non-hydrogen) atoms. The number of imide groups is 1. The van der Waals surface area contributed by atoms with Gasteiger partial charge in [0.15, 0.2) is 0 Å². The zero-order valence-electron chi connectivity index (χ0n) is 9.82. The van der Waals surface area contributed by atoms with Gasteiger partial charge in [0.05, 0.1) is 10.7 Å². The van der Waals surface area contributed by atoms with Crippen molar-refractivity contribution in [2.75, 3.05) is 18.0 Å². The van der Waals surface area contributed by atoms with Gasteiger partial charge in [-0.2, -0.15) is 0 Å². The summed E-state index contributed by atoms with van der Waals surface area (Å²) in [6.45, 7) is 2.87. The maximum absolute atomic E-state index is 12.2. The second kappa shape index (κ2) is 5.16. The van der Waals surface area contributed by atoms with E-state index in [-0.39, 0.29) is 11.9 Å². The van der Waals surface area contributed by atoms with Crippen molar-refractivity contribution in [2.45, 2.75) is 13.3 Å². The summed E-state index contributed by atoms with van der Waals surface area (Å²) < 4.78 is 0. The van der Waals surface area contributed by atoms with Gasteiger partial charge >= 0.3 is 6.03 Å². The van der Waals surface area contributed by atoms with Crippen LogP contribution in [-0.4, -0.2) is 29.9 Å². The lowest BCUT2D eigenvalue weighted by atomic mass is 10.2. The number of carbonyl (C=O) groups excluding carboxylic acids is 2. The highest BCUT2D eigenvalue weighted by Gasteiger charge is 2.33. The fraction of sp³-hybridized carbons (Fsp3) is 0.333. The number of amides is 3. The Morgan fingerprint density at radius 2 is 2.00 bits per heavy atom. The molecule has 1 heterocycles. The number of hydrogen-bond donors (Lipinski definition) is 0. The van der Waals surface area contributed by atoms with Crippen molar-refractivity contribution >= 4 is 40.8 Å². The van der Waals surface area contributed by atoms with Crippen LogP contribution in [0.4, 0.5) is 10.5 Å². The van der Waals surface area contributed by atoms with Crippen LogP contribution in [0.5, 0.6) is 0 Å². The van der Waals surface area contributed by atoms with Crippen LogP contribution in [0, 0.1) is 0 Å². The summed E-state index contributed by atoms with van der Waals surface area (Å²) in [6, 6.07) is 4.37. The zero-order valence-corrected chi connectivity index (χ0v) is 11.3. The predicted molar refractivity (Wildman–Crippen MR) is 71.2 cm³/mol. The molecular weight excluding hydrogens is 275 g/mol. The highest BCUT2D eigenvalue weighted by Crippen LogP contribution is 2.31. The van der Waals surface area contributed by atoms with E-state index >= 15 is 0 Å². The van der Waals surface area contributed by atoms with E-state index in [1.54, 1.807) is 17.0 Å². The van der Waals surface area contributed by atoms with Gasteiger partial charge in [0, 0.05) is 24.5 Å². The molecule has 0 radical (unpaired) electrons. The molecule has 0 spiro atoms. The molecule has 0 N–H and O–H groups in total. The van der Waals surface area contributed by atoms with Crippen LogP contribution in [0.3, 0.4) is 0 Å². The molecule has 0 unspecified atom stereocenters. The average molecular weight is 287 g/mol. The van der Waals surface area contributed by atoms with Gasteiger partial charge in [-0.3, -0.25) is 4.79 Å². The molecule has 6 heteroatoms. The fourth-order valence-corrected chi connectivity index (χ4v) is 2.24. The van der Waals surface area contributed by atoms with Crippen molar-refractivity contribution in [1.29, 1.82) is 0 Å². The number of nitrogens with zero attached hydrogens (tertiary/aromatic N) is 2. The number of halogens is 2. The lowest BCUT2D eigenvalue weighted by molar-refractivity contribution is -0.119. The second-order valence-electron chi connectivity index (χ2n) is 3.94. The maximum atomic E-state index is 12.2. The maximum Gasteiger partial charge on any atom is 0.331 e. The summed E-state index contributed by atoms with van der Waals surface area (Å²) >= 11 is 11.9. The lowest BCUT2D eigenvalue weighted by Gasteiger charge is -2.33. The Labute approximate surface area is 115 Å². The predicted octanol–water partition coefficient (Wildman–Crippen LogP) is 3.17. The molecule has 2 rings (SSSR count). The minimum atomic E-state index is -0.349. The highest BCUT2D eigenvalue weighted by atomic mass is 35.5. The normalized spacial score (nSPS) is 16.4. The Morgan fingerprint density at radius 3 is 2.67 bits per heavy atom. The van der Waals surface area contributed by atoms with Gasteiger partial charge in [0.1, 0.15) is 0 Å². The molecule has 1 fully saturated rings. The summed E-state index contributed by atoms with van der Waals surface area (Å²) in [5.74, 6) is -0.256. The van der Waals surface area contributed by atoms with Crippen LogP contribution in [0.25, 0.3) is 0 Å². The Kier molecular flexibility index (Phi) is 3.78. The molecule has 0 atom stereocenters. The SMILES string of the molecule is CCN1CCC(=O)N(c2cc(Cl)ccc2Cl)C1=O. The fourth-order valence-electron chi connectivity index (χ4n) is 1.87. The van der Waals surface area contributed by atoms with E-state index < -0.39 is 0 Å². The topological polar surface area (TPSA) is 40.6 Å². The number of benzene rings is 1. The first-order chi connectivity index (χ1) is 8.54. The largest absolute Gasteiger partial charge is 0.331 e. The minimum Gasteiger partial charge on any atom is -0.324 e. The van der Waals surface area contributed by atoms with Crippen LogP contribution in [0.2, 0.25) is 10.0 Å². The van der Waals surface area contributed by atoms with Crippen molar-refractivity contribution in [3.8, 4) is 0 Å². The number of rotatable bonds is 2. The summed E-state index contributed by atoms with van der Waals surface area (Å²) in [5.41, 5.74) is 0.345. The molecule has 0 aliphatic carbocycles. The monoisotopic (exact) mass is 286 g/mol. The van der Waals surface area contributed by atoms with Gasteiger partial charge in [-0.15, -0.1) is 0 Å². The molecule has 0 saturated carbocycles. The molecule has 1 aliphatic heterocycles. The first kappa shape index (κ1) is 13.2. The number of urea groups is 1. The quantitative estimate of drug-likeness (QED) is 0.838. The van der Waals surface area contributed by atoms with Crippen LogP contribution in [0.1, 0.15) is 13.3 Å². The van der Waals surface area contributed by atoms with Crippen LogP contribution >= 0.6 is 23.2 Å². The van der Waals surface area contributed by atoms with E-state index in [0.29, 0.717) is 35.2 Å². The molecule has 1 saturated heterocycles. The third kappa shape index (κ3) is 2.31. The first-order valence-corrected chi connectivity index (χ1v) is 6.37. The molecular formula is C12H12Cl2N2O2. The van der Waals surface area contributed by atoms with Gasteiger partial charge in [0.25, 0.3) is 0 Å². The molecule has 3 amide bonds. The summed E-state index contributed by atoms with van der Waals surface area (Å²) in [7, 11) is 0. The molecule has 1 aromatic rings. The van der Waals surface area contributed by atoms with E-state index in [2.05, 4.69) is 0 Å². The second-order valence-corrected chi connectivity index (χ2v) is 4.78. The Morgan fingerprint density at radius 1 is 1.28 bits per heavy atom. The lowest BCUT2D eigenvalue weighted by Crippen LogP contribution is -2.52. The third-order valence-corrected chi connectivity index (χ3v) is 3.39. The number of hydrogen-bond acceptors (Lipinski definition) is 2. The summed E-state index contributed by atoms with van der Waals surface area (Å²) in [4.78, 5) is 26.8. The van der Waals surface area contributed by atoms with E-state index in [0.717, 1.165) is 4.90 Å². The van der Waals surface area contributed by atoms with Crippen molar-refractivity contribution in [3.63, 3.8) is 0 Å². The van der Waals surface area contributed by atoms with Crippen LogP contribution in [0.15, 0.2) is 18.2 Å². The highest BCUT2D eigenvalue weighted by molar-refractivity contribution is 6.37. The number of anilines is 1. The van der Waals surface area contributed by atoms with Gasteiger partial charge in [0.2, 0.25) is 5.91 Å². The van der Waals surface area contributed by atoms with Crippen molar-refractivity contribution in [2.24, 2.45) is 0 Å². The van der Waals surface area contributed by atoms with E-state index in [4.69, 9.17) is 23.2 Å². The smallest absolute Gasteiger partial charge is 0.324 e. The summed E-state index contributed by atoms with van der Waals surface area (Å²) in [6.07, 6.45) is 0.294. The van der Waals surface area contributed by atoms with Gasteiger partial charge < -0.3 is 4.90 Å². The molecule has 0 aromatic heterocycles. The van der Waals surface area contributed by atoms with Crippen LogP contribution in [-0.2, 0) is 4.79 Å². The minimum absolute atomic E-state index is 0.256. The molecule has 0 bridgehead atoms. The van der Waals surface area contributed by atoms with Crippen molar-refractivity contribution < 1.29 is 9.59 Å². The Hall–Kier alpha value is -1.26. The van der Waals surface area contributed by atoms with Crippen molar-refractivity contribution in [3.05, 3.63) is 28.2 Å². The van der Waals surface area contributed by atoms with E-state index in [9.17, 15) is 9.59 Å². The standard InChI is InChI=1S/C12H12Cl2N2O2/c1-2-15-6-5-11(17)16(12(15)18)10-7-8(13)3-4-9(10)14/h3-4,7H,2,5-6H2,1H3. The van der Waals surface area contributed by atoms with E-state index in [1.807, 2.05) is 6.92 Å². The molecule has 96 valence electrons. The van der Waals surface area contributed by atoms with Gasteiger partial charge in [-0.25, -0.2) is 9.69 Å². The molecule has 4 nitrogen and oxygen atoms in total. The Balaban J connectivity index is 2.43.